The molecule has 0 aliphatic carbocycles. The Labute approximate surface area is 258 Å². The Morgan fingerprint density at radius 3 is 2.70 bits per heavy atom. The molecule has 10 heteroatoms. The molecule has 3 heterocycles. The molecule has 44 heavy (non-hydrogen) atoms. The quantitative estimate of drug-likeness (QED) is 0.121. The fourth-order valence-electron chi connectivity index (χ4n) is 5.55. The summed E-state index contributed by atoms with van der Waals surface area (Å²) in [6.45, 7) is 8.91. The molecule has 0 spiro atoms. The number of halogens is 1. The largest absolute Gasteiger partial charge is 0.507 e. The van der Waals surface area contributed by atoms with Crippen molar-refractivity contribution in [3.8, 4) is 17.2 Å². The summed E-state index contributed by atoms with van der Waals surface area (Å²) >= 11 is 1.10. The standard InChI is InChI=1S/C34H33FN2O6S/c1-5-41-27-16-20(6-11-26(27)42-13-12-18(2)3)30-29(31(38)21-7-10-25-22(15-21)14-19(4)43-25)32(39)33(40)37(30)34-36-24-9-8-23(35)17-28(24)44-34/h6-11,15-19,30,38H,5,12-14H2,1-4H3/b31-29+/t19-,30-/m0/s1. The summed E-state index contributed by atoms with van der Waals surface area (Å²) in [7, 11) is 0. The van der Waals surface area contributed by atoms with Crippen molar-refractivity contribution in [2.24, 2.45) is 5.92 Å². The zero-order chi connectivity index (χ0) is 31.1. The van der Waals surface area contributed by atoms with Crippen molar-refractivity contribution in [2.75, 3.05) is 18.1 Å². The number of aliphatic hydroxyl groups is 1. The van der Waals surface area contributed by atoms with Crippen molar-refractivity contribution in [1.29, 1.82) is 0 Å². The lowest BCUT2D eigenvalue weighted by Gasteiger charge is -2.24. The highest BCUT2D eigenvalue weighted by molar-refractivity contribution is 7.22. The maximum atomic E-state index is 14.0. The molecule has 1 N–H and O–H groups in total. The van der Waals surface area contributed by atoms with E-state index in [1.165, 1.54) is 23.1 Å². The number of benzene rings is 3. The third-order valence-electron chi connectivity index (χ3n) is 7.70. The minimum absolute atomic E-state index is 0.00453. The van der Waals surface area contributed by atoms with E-state index in [2.05, 4.69) is 18.8 Å². The van der Waals surface area contributed by atoms with Gasteiger partial charge in [-0.15, -0.1) is 0 Å². The highest BCUT2D eigenvalue weighted by Gasteiger charge is 2.48. The number of aliphatic hydroxyl groups excluding tert-OH is 1. The highest BCUT2D eigenvalue weighted by atomic mass is 32.1. The van der Waals surface area contributed by atoms with Crippen LogP contribution in [0.1, 0.15) is 56.8 Å². The van der Waals surface area contributed by atoms with E-state index < -0.39 is 23.5 Å². The van der Waals surface area contributed by atoms with E-state index in [4.69, 9.17) is 14.2 Å². The average Bonchev–Trinajstić information content (AvgIpc) is 3.65. The van der Waals surface area contributed by atoms with E-state index in [0.29, 0.717) is 58.4 Å². The highest BCUT2D eigenvalue weighted by Crippen LogP contribution is 2.46. The van der Waals surface area contributed by atoms with Crippen molar-refractivity contribution < 1.29 is 33.3 Å². The third-order valence-corrected chi connectivity index (χ3v) is 8.71. The van der Waals surface area contributed by atoms with Gasteiger partial charge < -0.3 is 19.3 Å². The summed E-state index contributed by atoms with van der Waals surface area (Å²) in [5.41, 5.74) is 2.23. The molecule has 1 saturated heterocycles. The van der Waals surface area contributed by atoms with Crippen LogP contribution < -0.4 is 19.1 Å². The molecule has 1 aromatic heterocycles. The number of fused-ring (bicyclic) bond motifs is 2. The summed E-state index contributed by atoms with van der Waals surface area (Å²) in [5, 5.41) is 11.9. The molecule has 1 amide bonds. The van der Waals surface area contributed by atoms with Gasteiger partial charge in [-0.3, -0.25) is 14.5 Å². The maximum absolute atomic E-state index is 14.0. The summed E-state index contributed by atoms with van der Waals surface area (Å²) in [4.78, 5) is 33.3. The fourth-order valence-corrected chi connectivity index (χ4v) is 6.56. The average molecular weight is 617 g/mol. The molecule has 8 nitrogen and oxygen atoms in total. The first-order valence-electron chi connectivity index (χ1n) is 14.7. The second-order valence-corrected chi connectivity index (χ2v) is 12.4. The molecule has 3 aromatic carbocycles. The molecule has 0 saturated carbocycles. The van der Waals surface area contributed by atoms with Crippen molar-refractivity contribution in [2.45, 2.75) is 52.7 Å². The number of aromatic nitrogens is 1. The Morgan fingerprint density at radius 2 is 1.93 bits per heavy atom. The molecule has 2 atom stereocenters. The molecule has 2 aliphatic rings. The van der Waals surface area contributed by atoms with Gasteiger partial charge in [-0.25, -0.2) is 9.37 Å². The lowest BCUT2D eigenvalue weighted by atomic mass is 9.94. The van der Waals surface area contributed by atoms with Crippen LogP contribution in [0.4, 0.5) is 9.52 Å². The van der Waals surface area contributed by atoms with Crippen LogP contribution in [-0.2, 0) is 16.0 Å². The second-order valence-electron chi connectivity index (χ2n) is 11.4. The number of Topliss-reactive ketones (excluding diaryl/α,β-unsaturated/α-hetero) is 1. The van der Waals surface area contributed by atoms with Gasteiger partial charge in [0.15, 0.2) is 16.6 Å². The van der Waals surface area contributed by atoms with Crippen molar-refractivity contribution in [1.82, 2.24) is 4.98 Å². The van der Waals surface area contributed by atoms with Crippen LogP contribution in [0.5, 0.6) is 17.2 Å². The van der Waals surface area contributed by atoms with E-state index in [1.807, 2.05) is 13.8 Å². The van der Waals surface area contributed by atoms with E-state index in [0.717, 1.165) is 29.1 Å². The first-order chi connectivity index (χ1) is 21.1. The predicted molar refractivity (Wildman–Crippen MR) is 167 cm³/mol. The Hall–Kier alpha value is -4.44. The number of carbonyl (C=O) groups is 2. The Bertz CT molecular complexity index is 1800. The smallest absolute Gasteiger partial charge is 0.301 e. The van der Waals surface area contributed by atoms with Gasteiger partial charge >= 0.3 is 5.91 Å². The Balaban J connectivity index is 1.50. The van der Waals surface area contributed by atoms with Crippen molar-refractivity contribution >= 4 is 44.1 Å². The predicted octanol–water partition coefficient (Wildman–Crippen LogP) is 7.21. The second kappa shape index (κ2) is 11.9. The van der Waals surface area contributed by atoms with Gasteiger partial charge in [0.25, 0.3) is 5.78 Å². The van der Waals surface area contributed by atoms with E-state index in [1.54, 1.807) is 36.4 Å². The summed E-state index contributed by atoms with van der Waals surface area (Å²) in [5.74, 6) is -0.257. The lowest BCUT2D eigenvalue weighted by Crippen LogP contribution is -2.29. The van der Waals surface area contributed by atoms with Gasteiger partial charge in [-0.1, -0.05) is 31.3 Å². The van der Waals surface area contributed by atoms with E-state index in [9.17, 15) is 19.1 Å². The van der Waals surface area contributed by atoms with Crippen molar-refractivity contribution in [3.63, 3.8) is 0 Å². The van der Waals surface area contributed by atoms with Crippen molar-refractivity contribution in [3.05, 3.63) is 82.7 Å². The van der Waals surface area contributed by atoms with Crippen LogP contribution in [0.2, 0.25) is 0 Å². The molecule has 0 radical (unpaired) electrons. The van der Waals surface area contributed by atoms with Gasteiger partial charge in [0, 0.05) is 12.0 Å². The van der Waals surface area contributed by atoms with Crippen LogP contribution >= 0.6 is 11.3 Å². The number of rotatable bonds is 9. The monoisotopic (exact) mass is 616 g/mol. The number of ether oxygens (including phenoxy) is 3. The number of hydrogen-bond donors (Lipinski definition) is 1. The van der Waals surface area contributed by atoms with E-state index >= 15 is 0 Å². The van der Waals surface area contributed by atoms with Gasteiger partial charge in [0.1, 0.15) is 23.4 Å². The van der Waals surface area contributed by atoms with Crippen LogP contribution in [0.3, 0.4) is 0 Å². The first kappa shape index (κ1) is 29.6. The van der Waals surface area contributed by atoms with Crippen LogP contribution in [-0.4, -0.2) is 41.1 Å². The zero-order valence-corrected chi connectivity index (χ0v) is 25.7. The van der Waals surface area contributed by atoms with E-state index in [-0.39, 0.29) is 22.6 Å². The summed E-state index contributed by atoms with van der Waals surface area (Å²) in [6.07, 6.45) is 1.51. The molecule has 0 unspecified atom stereocenters. The third kappa shape index (κ3) is 5.50. The summed E-state index contributed by atoms with van der Waals surface area (Å²) in [6, 6.07) is 13.6. The lowest BCUT2D eigenvalue weighted by molar-refractivity contribution is -0.132. The normalized spacial score (nSPS) is 19.1. The topological polar surface area (TPSA) is 98.2 Å². The van der Waals surface area contributed by atoms with Crippen LogP contribution in [0, 0.1) is 11.7 Å². The number of amides is 1. The van der Waals surface area contributed by atoms with Gasteiger partial charge in [0.05, 0.1) is 35.0 Å². The molecule has 228 valence electrons. The Morgan fingerprint density at radius 1 is 1.11 bits per heavy atom. The number of nitrogens with zero attached hydrogens (tertiary/aromatic N) is 2. The maximum Gasteiger partial charge on any atom is 0.301 e. The number of thiazole rings is 1. The Kier molecular flexibility index (Phi) is 8.02. The number of hydrogen-bond acceptors (Lipinski definition) is 8. The summed E-state index contributed by atoms with van der Waals surface area (Å²) < 4.78 is 32.3. The molecule has 2 aliphatic heterocycles. The molecule has 0 bridgehead atoms. The molecular formula is C34H33FN2O6S. The fraction of sp³-hybridized carbons (Fsp3) is 0.324. The SMILES string of the molecule is CCOc1cc([C@H]2/C(=C(\O)c3ccc4c(c3)C[C@H](C)O4)C(=O)C(=O)N2c2nc3ccc(F)cc3s2)ccc1OCCC(C)C. The molecular weight excluding hydrogens is 583 g/mol. The molecule has 4 aromatic rings. The molecule has 1 fully saturated rings. The van der Waals surface area contributed by atoms with Gasteiger partial charge in [0.2, 0.25) is 0 Å². The number of anilines is 1. The van der Waals surface area contributed by atoms with Crippen LogP contribution in [0.15, 0.2) is 60.2 Å². The van der Waals surface area contributed by atoms with Crippen LogP contribution in [0.25, 0.3) is 16.0 Å². The number of ketones is 1. The van der Waals surface area contributed by atoms with Gasteiger partial charge in [-0.05, 0) is 85.8 Å². The van der Waals surface area contributed by atoms with Gasteiger partial charge in [-0.2, -0.15) is 0 Å². The first-order valence-corrected chi connectivity index (χ1v) is 15.5. The minimum Gasteiger partial charge on any atom is -0.507 e. The zero-order valence-electron chi connectivity index (χ0n) is 24.9. The number of carbonyl (C=O) groups excluding carboxylic acids is 2. The molecule has 6 rings (SSSR count). The minimum atomic E-state index is -1.03.